The molecule has 6 heteroatoms. The number of hydrogen-bond acceptors (Lipinski definition) is 4. The van der Waals surface area contributed by atoms with E-state index in [2.05, 4.69) is 51.6 Å². The van der Waals surface area contributed by atoms with Crippen molar-refractivity contribution in [2.45, 2.75) is 45.2 Å². The first-order valence-corrected chi connectivity index (χ1v) is 10.2. The highest BCUT2D eigenvalue weighted by molar-refractivity contribution is 5.79. The van der Waals surface area contributed by atoms with E-state index in [-0.39, 0.29) is 17.9 Å². The van der Waals surface area contributed by atoms with Crippen molar-refractivity contribution in [1.82, 2.24) is 20.4 Å². The van der Waals surface area contributed by atoms with E-state index in [9.17, 15) is 9.59 Å². The van der Waals surface area contributed by atoms with E-state index in [1.54, 1.807) is 0 Å². The van der Waals surface area contributed by atoms with E-state index in [1.165, 1.54) is 5.56 Å². The Hall–Kier alpha value is -1.92. The van der Waals surface area contributed by atoms with E-state index in [0.29, 0.717) is 19.1 Å². The molecule has 1 atom stereocenters. The summed E-state index contributed by atoms with van der Waals surface area (Å²) in [4.78, 5) is 28.6. The molecule has 148 valence electrons. The summed E-state index contributed by atoms with van der Waals surface area (Å²) in [5.74, 6) is 0.189. The van der Waals surface area contributed by atoms with Gasteiger partial charge >= 0.3 is 0 Å². The minimum absolute atomic E-state index is 0.0100. The zero-order valence-corrected chi connectivity index (χ0v) is 16.5. The van der Waals surface area contributed by atoms with Crippen LogP contribution in [0.4, 0.5) is 0 Å². The van der Waals surface area contributed by atoms with Gasteiger partial charge in [-0.25, -0.2) is 0 Å². The molecule has 1 aliphatic heterocycles. The number of nitrogens with zero attached hydrogens (tertiary/aromatic N) is 2. The zero-order valence-electron chi connectivity index (χ0n) is 16.5. The molecule has 1 aromatic rings. The fourth-order valence-corrected chi connectivity index (χ4v) is 3.43. The minimum atomic E-state index is 0.0100. The lowest BCUT2D eigenvalue weighted by Gasteiger charge is -2.34. The van der Waals surface area contributed by atoms with Crippen LogP contribution < -0.4 is 10.6 Å². The van der Waals surface area contributed by atoms with Crippen LogP contribution >= 0.6 is 0 Å². The molecule has 0 spiro atoms. The third kappa shape index (κ3) is 6.33. The quantitative estimate of drug-likeness (QED) is 0.722. The number of hydrogen-bond donors (Lipinski definition) is 2. The van der Waals surface area contributed by atoms with Crippen LogP contribution in [0.2, 0.25) is 0 Å². The molecule has 6 nitrogen and oxygen atoms in total. The van der Waals surface area contributed by atoms with E-state index >= 15 is 0 Å². The molecule has 2 N–H and O–H groups in total. The van der Waals surface area contributed by atoms with Crippen LogP contribution in [0, 0.1) is 0 Å². The van der Waals surface area contributed by atoms with Gasteiger partial charge in [0.25, 0.3) is 0 Å². The van der Waals surface area contributed by atoms with Crippen LogP contribution in [0.5, 0.6) is 0 Å². The highest BCUT2D eigenvalue weighted by Crippen LogP contribution is 2.18. The van der Waals surface area contributed by atoms with Crippen molar-refractivity contribution in [2.75, 3.05) is 39.3 Å². The number of benzene rings is 1. The summed E-state index contributed by atoms with van der Waals surface area (Å²) < 4.78 is 0. The number of carbonyl (C=O) groups is 2. The predicted octanol–water partition coefficient (Wildman–Crippen LogP) is 1.32. The summed E-state index contributed by atoms with van der Waals surface area (Å²) in [6, 6.07) is 8.86. The Morgan fingerprint density at radius 1 is 1.00 bits per heavy atom. The van der Waals surface area contributed by atoms with E-state index in [4.69, 9.17) is 0 Å². The summed E-state index contributed by atoms with van der Waals surface area (Å²) >= 11 is 0. The molecule has 1 unspecified atom stereocenters. The van der Waals surface area contributed by atoms with Gasteiger partial charge in [-0.15, -0.1) is 0 Å². The number of carbonyl (C=O) groups excluding carboxylic acids is 2. The summed E-state index contributed by atoms with van der Waals surface area (Å²) in [6.45, 7) is 8.36. The molecule has 1 saturated heterocycles. The molecule has 27 heavy (non-hydrogen) atoms. The molecule has 0 bridgehead atoms. The number of amides is 2. The standard InChI is InChI=1S/C21H32N4O2/c1-3-17-4-6-18(7-5-17)16(2)22-20(26)14-24-10-12-25(13-11-24)15-21(27)23-19-8-9-19/h4-7,16,19H,3,8-15H2,1-2H3,(H,22,26)(H,23,27). The Morgan fingerprint density at radius 3 is 2.07 bits per heavy atom. The summed E-state index contributed by atoms with van der Waals surface area (Å²) in [7, 11) is 0. The van der Waals surface area contributed by atoms with Crippen molar-refractivity contribution < 1.29 is 9.59 Å². The molecular formula is C21H32N4O2. The van der Waals surface area contributed by atoms with E-state index < -0.39 is 0 Å². The summed E-state index contributed by atoms with van der Waals surface area (Å²) in [5, 5.41) is 6.13. The average Bonchev–Trinajstić information content (AvgIpc) is 3.47. The molecule has 2 aliphatic rings. The molecule has 1 aliphatic carbocycles. The lowest BCUT2D eigenvalue weighted by Crippen LogP contribution is -2.51. The first-order valence-electron chi connectivity index (χ1n) is 10.2. The van der Waals surface area contributed by atoms with Crippen LogP contribution in [0.25, 0.3) is 0 Å². The second-order valence-corrected chi connectivity index (χ2v) is 7.78. The molecule has 1 aromatic carbocycles. The van der Waals surface area contributed by atoms with Gasteiger partial charge in [0, 0.05) is 32.2 Å². The largest absolute Gasteiger partial charge is 0.352 e. The van der Waals surface area contributed by atoms with E-state index in [1.807, 2.05) is 6.92 Å². The Balaban J connectivity index is 1.36. The first-order chi connectivity index (χ1) is 13.0. The van der Waals surface area contributed by atoms with Crippen molar-refractivity contribution >= 4 is 11.8 Å². The number of nitrogens with one attached hydrogen (secondary N) is 2. The fourth-order valence-electron chi connectivity index (χ4n) is 3.43. The summed E-state index contributed by atoms with van der Waals surface area (Å²) in [5.41, 5.74) is 2.44. The third-order valence-corrected chi connectivity index (χ3v) is 5.41. The molecule has 0 radical (unpaired) electrons. The van der Waals surface area contributed by atoms with E-state index in [0.717, 1.165) is 51.0 Å². The maximum absolute atomic E-state index is 12.4. The Kier molecular flexibility index (Phi) is 6.85. The normalized spacial score (nSPS) is 19.5. The van der Waals surface area contributed by atoms with Gasteiger partial charge in [-0.3, -0.25) is 19.4 Å². The maximum atomic E-state index is 12.4. The van der Waals surface area contributed by atoms with Crippen LogP contribution in [0.15, 0.2) is 24.3 Å². The summed E-state index contributed by atoms with van der Waals surface area (Å²) in [6.07, 6.45) is 3.26. The van der Waals surface area contributed by atoms with Gasteiger partial charge in [0.05, 0.1) is 19.1 Å². The Bertz CT molecular complexity index is 634. The molecular weight excluding hydrogens is 340 g/mol. The van der Waals surface area contributed by atoms with Gasteiger partial charge in [0.15, 0.2) is 0 Å². The number of aryl methyl sites for hydroxylation is 1. The van der Waals surface area contributed by atoms with Gasteiger partial charge in [-0.2, -0.15) is 0 Å². The smallest absolute Gasteiger partial charge is 0.234 e. The first kappa shape index (κ1) is 19.8. The molecule has 2 amide bonds. The maximum Gasteiger partial charge on any atom is 0.234 e. The van der Waals surface area contributed by atoms with Gasteiger partial charge in [-0.05, 0) is 37.3 Å². The fraction of sp³-hybridized carbons (Fsp3) is 0.619. The predicted molar refractivity (Wildman–Crippen MR) is 106 cm³/mol. The molecule has 3 rings (SSSR count). The minimum Gasteiger partial charge on any atom is -0.352 e. The lowest BCUT2D eigenvalue weighted by atomic mass is 10.1. The SMILES string of the molecule is CCc1ccc(C(C)NC(=O)CN2CCN(CC(=O)NC3CC3)CC2)cc1. The Labute approximate surface area is 162 Å². The second kappa shape index (κ2) is 9.33. The molecule has 2 fully saturated rings. The van der Waals surface area contributed by atoms with Crippen LogP contribution in [-0.4, -0.2) is 66.9 Å². The van der Waals surface area contributed by atoms with Gasteiger partial charge in [0.1, 0.15) is 0 Å². The van der Waals surface area contributed by atoms with Crippen molar-refractivity contribution in [3.05, 3.63) is 35.4 Å². The lowest BCUT2D eigenvalue weighted by molar-refractivity contribution is -0.125. The molecule has 1 saturated carbocycles. The van der Waals surface area contributed by atoms with Gasteiger partial charge < -0.3 is 10.6 Å². The third-order valence-electron chi connectivity index (χ3n) is 5.41. The number of rotatable bonds is 8. The van der Waals surface area contributed by atoms with Crippen molar-refractivity contribution in [3.8, 4) is 0 Å². The van der Waals surface area contributed by atoms with Crippen LogP contribution in [0.3, 0.4) is 0 Å². The number of piperazine rings is 1. The average molecular weight is 373 g/mol. The molecule has 1 heterocycles. The van der Waals surface area contributed by atoms with Crippen LogP contribution in [-0.2, 0) is 16.0 Å². The van der Waals surface area contributed by atoms with Gasteiger partial charge in [0.2, 0.25) is 11.8 Å². The highest BCUT2D eigenvalue weighted by atomic mass is 16.2. The Morgan fingerprint density at radius 2 is 1.56 bits per heavy atom. The van der Waals surface area contributed by atoms with Crippen molar-refractivity contribution in [3.63, 3.8) is 0 Å². The van der Waals surface area contributed by atoms with Gasteiger partial charge in [-0.1, -0.05) is 31.2 Å². The second-order valence-electron chi connectivity index (χ2n) is 7.78. The highest BCUT2D eigenvalue weighted by Gasteiger charge is 2.25. The zero-order chi connectivity index (χ0) is 19.2. The van der Waals surface area contributed by atoms with Crippen molar-refractivity contribution in [2.24, 2.45) is 0 Å². The molecule has 0 aromatic heterocycles. The monoisotopic (exact) mass is 372 g/mol. The topological polar surface area (TPSA) is 64.7 Å². The van der Waals surface area contributed by atoms with Crippen LogP contribution in [0.1, 0.15) is 43.9 Å². The van der Waals surface area contributed by atoms with Crippen molar-refractivity contribution in [1.29, 1.82) is 0 Å².